The Kier molecular flexibility index (Phi) is 4.65. The summed E-state index contributed by atoms with van der Waals surface area (Å²) in [5.41, 5.74) is 2.60. The van der Waals surface area contributed by atoms with Gasteiger partial charge in [0.1, 0.15) is 5.82 Å². The molecule has 2 aromatic carbocycles. The molecule has 2 aliphatic rings. The minimum atomic E-state index is -3.68. The Balaban J connectivity index is 1.40. The van der Waals surface area contributed by atoms with E-state index in [1.807, 2.05) is 37.3 Å². The highest BCUT2D eigenvalue weighted by Crippen LogP contribution is 2.52. The second-order valence-corrected chi connectivity index (χ2v) is 8.98. The molecule has 1 amide bonds. The molecule has 0 unspecified atom stereocenters. The molecule has 0 spiro atoms. The summed E-state index contributed by atoms with van der Waals surface area (Å²) in [6.45, 7) is 1.97. The van der Waals surface area contributed by atoms with Crippen molar-refractivity contribution in [1.82, 2.24) is 4.98 Å². The van der Waals surface area contributed by atoms with E-state index in [0.717, 1.165) is 20.4 Å². The number of nitrogens with zero attached hydrogens (tertiary/aromatic N) is 1. The number of benzene rings is 2. The van der Waals surface area contributed by atoms with Gasteiger partial charge in [0.15, 0.2) is 11.5 Å². The zero-order valence-electron chi connectivity index (χ0n) is 16.4. The number of hydrogen-bond donors (Lipinski definition) is 1. The first-order chi connectivity index (χ1) is 14.8. The Labute approximate surface area is 190 Å². The van der Waals surface area contributed by atoms with Crippen LogP contribution in [0.25, 0.3) is 11.3 Å². The van der Waals surface area contributed by atoms with Crippen molar-refractivity contribution in [3.8, 4) is 22.8 Å². The van der Waals surface area contributed by atoms with Crippen LogP contribution in [0.3, 0.4) is 0 Å². The van der Waals surface area contributed by atoms with Crippen molar-refractivity contribution in [1.29, 1.82) is 0 Å². The van der Waals surface area contributed by atoms with E-state index in [-0.39, 0.29) is 17.4 Å². The van der Waals surface area contributed by atoms with Crippen molar-refractivity contribution in [3.63, 3.8) is 0 Å². The number of halogens is 3. The first-order valence-corrected chi connectivity index (χ1v) is 10.8. The van der Waals surface area contributed by atoms with E-state index in [1.54, 1.807) is 12.1 Å². The molecular formula is C23H17F2IN2O3. The number of carbonyl (C=O) groups is 1. The third-order valence-electron chi connectivity index (χ3n) is 5.58. The van der Waals surface area contributed by atoms with Gasteiger partial charge in [-0.05, 0) is 83.8 Å². The Bertz CT molecular complexity index is 1210. The number of alkyl halides is 2. The minimum absolute atomic E-state index is 0.0349. The lowest BCUT2D eigenvalue weighted by atomic mass is 9.94. The average Bonchev–Trinajstić information content (AvgIpc) is 3.46. The number of ether oxygens (including phenoxy) is 2. The van der Waals surface area contributed by atoms with E-state index in [2.05, 4.69) is 42.4 Å². The molecule has 1 fully saturated rings. The molecule has 0 radical (unpaired) electrons. The van der Waals surface area contributed by atoms with Crippen molar-refractivity contribution in [2.24, 2.45) is 0 Å². The number of anilines is 1. The van der Waals surface area contributed by atoms with E-state index >= 15 is 0 Å². The maximum Gasteiger partial charge on any atom is 0.586 e. The van der Waals surface area contributed by atoms with Crippen LogP contribution in [0.15, 0.2) is 54.6 Å². The fourth-order valence-electron chi connectivity index (χ4n) is 3.78. The third kappa shape index (κ3) is 3.73. The predicted molar refractivity (Wildman–Crippen MR) is 119 cm³/mol. The van der Waals surface area contributed by atoms with Gasteiger partial charge >= 0.3 is 6.29 Å². The van der Waals surface area contributed by atoms with Gasteiger partial charge in [-0.15, -0.1) is 8.78 Å². The molecule has 1 saturated carbocycles. The molecule has 3 aromatic rings. The van der Waals surface area contributed by atoms with Gasteiger partial charge in [-0.1, -0.05) is 24.3 Å². The minimum Gasteiger partial charge on any atom is -0.395 e. The highest BCUT2D eigenvalue weighted by Gasteiger charge is 2.53. The van der Waals surface area contributed by atoms with Gasteiger partial charge in [0.05, 0.1) is 11.1 Å². The molecule has 5 rings (SSSR count). The fraction of sp³-hybridized carbons (Fsp3) is 0.217. The standard InChI is InChI=1S/C23H17F2IN2O3/c1-13-5-8-19(27-20(13)14-3-2-4-16(26)11-14)28-21(29)22(9-10-22)15-6-7-17-18(12-15)31-23(24,25)30-17/h2-8,11-12H,9-10H2,1H3,(H,27,28,29). The second-order valence-electron chi connectivity index (χ2n) is 7.74. The topological polar surface area (TPSA) is 60.5 Å². The molecule has 0 atom stereocenters. The number of aromatic nitrogens is 1. The Morgan fingerprint density at radius 2 is 1.84 bits per heavy atom. The van der Waals surface area contributed by atoms with Gasteiger partial charge in [-0.2, -0.15) is 0 Å². The van der Waals surface area contributed by atoms with Crippen LogP contribution < -0.4 is 14.8 Å². The van der Waals surface area contributed by atoms with Gasteiger partial charge in [-0.25, -0.2) is 4.98 Å². The van der Waals surface area contributed by atoms with E-state index in [4.69, 9.17) is 0 Å². The number of rotatable bonds is 4. The second kappa shape index (κ2) is 7.15. The molecule has 1 aliphatic heterocycles. The number of carbonyl (C=O) groups excluding carboxylic acids is 1. The summed E-state index contributed by atoms with van der Waals surface area (Å²) in [5.74, 6) is 0.134. The lowest BCUT2D eigenvalue weighted by Crippen LogP contribution is -2.28. The van der Waals surface area contributed by atoms with E-state index < -0.39 is 11.7 Å². The highest BCUT2D eigenvalue weighted by molar-refractivity contribution is 14.1. The molecule has 0 bridgehead atoms. The van der Waals surface area contributed by atoms with Crippen molar-refractivity contribution < 1.29 is 23.0 Å². The summed E-state index contributed by atoms with van der Waals surface area (Å²) < 4.78 is 36.7. The average molecular weight is 534 g/mol. The molecule has 2 heterocycles. The maximum atomic E-state index is 13.3. The Morgan fingerprint density at radius 1 is 1.06 bits per heavy atom. The maximum absolute atomic E-state index is 13.3. The summed E-state index contributed by atoms with van der Waals surface area (Å²) in [6.07, 6.45) is -2.45. The van der Waals surface area contributed by atoms with Gasteiger partial charge in [0, 0.05) is 9.13 Å². The van der Waals surface area contributed by atoms with Crippen molar-refractivity contribution >= 4 is 34.3 Å². The number of pyridine rings is 1. The van der Waals surface area contributed by atoms with Crippen LogP contribution in [-0.2, 0) is 10.2 Å². The molecular weight excluding hydrogens is 517 g/mol. The first kappa shape index (κ1) is 20.2. The van der Waals surface area contributed by atoms with Crippen LogP contribution in [0.5, 0.6) is 11.5 Å². The van der Waals surface area contributed by atoms with Crippen LogP contribution in [0, 0.1) is 10.5 Å². The van der Waals surface area contributed by atoms with Crippen LogP contribution in [0.1, 0.15) is 24.0 Å². The Hall–Kier alpha value is -2.75. The van der Waals surface area contributed by atoms with Crippen molar-refractivity contribution in [2.45, 2.75) is 31.5 Å². The molecule has 31 heavy (non-hydrogen) atoms. The van der Waals surface area contributed by atoms with Gasteiger partial charge < -0.3 is 14.8 Å². The number of aryl methyl sites for hydroxylation is 1. The SMILES string of the molecule is Cc1ccc(NC(=O)C2(c3ccc4c(c3)OC(F)(F)O4)CC2)nc1-c1cccc(I)c1. The normalized spacial score (nSPS) is 17.3. The predicted octanol–water partition coefficient (Wildman–Crippen LogP) is 5.65. The summed E-state index contributed by atoms with van der Waals surface area (Å²) in [4.78, 5) is 17.8. The van der Waals surface area contributed by atoms with Gasteiger partial charge in [0.25, 0.3) is 0 Å². The summed E-state index contributed by atoms with van der Waals surface area (Å²) >= 11 is 2.25. The van der Waals surface area contributed by atoms with Crippen LogP contribution in [-0.4, -0.2) is 17.2 Å². The largest absolute Gasteiger partial charge is 0.586 e. The molecule has 158 valence electrons. The van der Waals surface area contributed by atoms with Crippen LogP contribution in [0.2, 0.25) is 0 Å². The Morgan fingerprint density at radius 3 is 2.58 bits per heavy atom. The quantitative estimate of drug-likeness (QED) is 0.440. The molecule has 0 saturated heterocycles. The number of nitrogens with one attached hydrogen (secondary N) is 1. The van der Waals surface area contributed by atoms with Crippen LogP contribution in [0.4, 0.5) is 14.6 Å². The van der Waals surface area contributed by atoms with Gasteiger partial charge in [-0.3, -0.25) is 4.79 Å². The molecule has 1 N–H and O–H groups in total. The molecule has 5 nitrogen and oxygen atoms in total. The molecule has 8 heteroatoms. The number of fused-ring (bicyclic) bond motifs is 1. The summed E-state index contributed by atoms with van der Waals surface area (Å²) in [6, 6.07) is 16.2. The van der Waals surface area contributed by atoms with Crippen LogP contribution >= 0.6 is 22.6 Å². The molecule has 1 aliphatic carbocycles. The third-order valence-corrected chi connectivity index (χ3v) is 6.25. The lowest BCUT2D eigenvalue weighted by Gasteiger charge is -2.17. The zero-order chi connectivity index (χ0) is 21.8. The number of amides is 1. The van der Waals surface area contributed by atoms with Crippen molar-refractivity contribution in [3.05, 3.63) is 69.3 Å². The van der Waals surface area contributed by atoms with E-state index in [9.17, 15) is 13.6 Å². The summed E-state index contributed by atoms with van der Waals surface area (Å²) in [7, 11) is 0. The monoisotopic (exact) mass is 534 g/mol. The van der Waals surface area contributed by atoms with E-state index in [1.165, 1.54) is 12.1 Å². The first-order valence-electron chi connectivity index (χ1n) is 9.71. The van der Waals surface area contributed by atoms with Gasteiger partial charge in [0.2, 0.25) is 5.91 Å². The smallest absolute Gasteiger partial charge is 0.395 e. The van der Waals surface area contributed by atoms with Crippen molar-refractivity contribution in [2.75, 3.05) is 5.32 Å². The summed E-state index contributed by atoms with van der Waals surface area (Å²) in [5, 5.41) is 2.91. The molecule has 1 aromatic heterocycles. The number of hydrogen-bond acceptors (Lipinski definition) is 4. The zero-order valence-corrected chi connectivity index (χ0v) is 18.6. The lowest BCUT2D eigenvalue weighted by molar-refractivity contribution is -0.286. The highest BCUT2D eigenvalue weighted by atomic mass is 127. The van der Waals surface area contributed by atoms with E-state index in [0.29, 0.717) is 24.2 Å². The fourth-order valence-corrected chi connectivity index (χ4v) is 4.32.